The molecule has 3 heterocycles. The summed E-state index contributed by atoms with van der Waals surface area (Å²) in [5.41, 5.74) is 1.80. The van der Waals surface area contributed by atoms with Gasteiger partial charge in [-0.05, 0) is 48.4 Å². The normalized spacial score (nSPS) is 11.2. The van der Waals surface area contributed by atoms with E-state index in [4.69, 9.17) is 4.52 Å². The minimum Gasteiger partial charge on any atom is -0.363 e. The van der Waals surface area contributed by atoms with Crippen molar-refractivity contribution < 1.29 is 18.1 Å². The highest BCUT2D eigenvalue weighted by Crippen LogP contribution is 2.27. The summed E-state index contributed by atoms with van der Waals surface area (Å²) in [6.45, 7) is 1.82. The van der Waals surface area contributed by atoms with Crippen molar-refractivity contribution in [3.8, 4) is 16.8 Å². The number of halogens is 2. The predicted octanol–water partition coefficient (Wildman–Crippen LogP) is 4.22. The zero-order chi connectivity index (χ0) is 24.0. The predicted molar refractivity (Wildman–Crippen MR) is 121 cm³/mol. The number of amides is 1. The molecule has 1 amide bonds. The number of aryl methyl sites for hydroxylation is 2. The molecule has 1 N–H and O–H groups in total. The van der Waals surface area contributed by atoms with Crippen molar-refractivity contribution in [2.45, 2.75) is 6.92 Å². The first-order chi connectivity index (χ1) is 16.3. The number of hydrogen-bond donors (Lipinski definition) is 1. The largest absolute Gasteiger partial charge is 0.363 e. The average Bonchev–Trinajstić information content (AvgIpc) is 3.48. The highest BCUT2D eigenvalue weighted by atomic mass is 19.1. The third-order valence-corrected chi connectivity index (χ3v) is 5.53. The van der Waals surface area contributed by atoms with E-state index in [0.29, 0.717) is 27.7 Å². The van der Waals surface area contributed by atoms with Crippen LogP contribution in [-0.4, -0.2) is 25.4 Å². The van der Waals surface area contributed by atoms with Crippen LogP contribution in [0.1, 0.15) is 15.9 Å². The Bertz CT molecular complexity index is 1620. The van der Waals surface area contributed by atoms with Crippen molar-refractivity contribution in [2.24, 2.45) is 7.05 Å². The van der Waals surface area contributed by atoms with Crippen LogP contribution in [0.15, 0.2) is 70.3 Å². The van der Waals surface area contributed by atoms with Crippen LogP contribution in [0.25, 0.3) is 27.8 Å². The molecule has 0 atom stereocenters. The zero-order valence-electron chi connectivity index (χ0n) is 18.0. The Balaban J connectivity index is 1.63. The molecule has 0 saturated carbocycles. The van der Waals surface area contributed by atoms with Crippen LogP contribution in [0.2, 0.25) is 0 Å². The highest BCUT2D eigenvalue weighted by molar-refractivity contribution is 6.04. The van der Waals surface area contributed by atoms with Gasteiger partial charge in [0.15, 0.2) is 5.82 Å². The number of rotatable bonds is 4. The number of nitrogens with zero attached hydrogens (tertiary/aromatic N) is 4. The molecule has 0 aliphatic carbocycles. The number of benzene rings is 2. The van der Waals surface area contributed by atoms with Crippen LogP contribution in [0.4, 0.5) is 14.6 Å². The minimum atomic E-state index is -0.676. The van der Waals surface area contributed by atoms with Gasteiger partial charge in [0.25, 0.3) is 11.5 Å². The lowest BCUT2D eigenvalue weighted by atomic mass is 9.98. The molecule has 0 radical (unpaired) electrons. The second-order valence-electron chi connectivity index (χ2n) is 7.72. The maximum absolute atomic E-state index is 14.4. The Hall–Kier alpha value is -4.60. The zero-order valence-corrected chi connectivity index (χ0v) is 18.0. The van der Waals surface area contributed by atoms with Gasteiger partial charge < -0.3 is 9.84 Å². The molecular weight excluding hydrogens is 444 g/mol. The fourth-order valence-corrected chi connectivity index (χ4v) is 3.82. The smallest absolute Gasteiger partial charge is 0.259 e. The van der Waals surface area contributed by atoms with E-state index in [1.807, 2.05) is 6.92 Å². The van der Waals surface area contributed by atoms with Gasteiger partial charge in [-0.2, -0.15) is 5.10 Å². The SMILES string of the molecule is Cc1ccc(C(=O)Nc2ccon2)cc1-c1cc2cnn(-c3cc(F)ccc3F)c2n(C)c1=O. The fraction of sp³-hybridized carbons (Fsp3) is 0.0833. The van der Waals surface area contributed by atoms with E-state index in [0.717, 1.165) is 23.8 Å². The summed E-state index contributed by atoms with van der Waals surface area (Å²) in [6, 6.07) is 11.2. The number of carbonyl (C=O) groups excluding carboxylic acids is 1. The lowest BCUT2D eigenvalue weighted by Gasteiger charge is -2.12. The Morgan fingerprint density at radius 1 is 1.06 bits per heavy atom. The van der Waals surface area contributed by atoms with E-state index in [-0.39, 0.29) is 17.1 Å². The fourth-order valence-electron chi connectivity index (χ4n) is 3.82. The monoisotopic (exact) mass is 461 g/mol. The summed E-state index contributed by atoms with van der Waals surface area (Å²) < 4.78 is 35.4. The van der Waals surface area contributed by atoms with Gasteiger partial charge in [0, 0.05) is 35.7 Å². The van der Waals surface area contributed by atoms with E-state index < -0.39 is 17.5 Å². The number of aromatic nitrogens is 4. The summed E-state index contributed by atoms with van der Waals surface area (Å²) >= 11 is 0. The maximum Gasteiger partial charge on any atom is 0.259 e. The first kappa shape index (κ1) is 21.3. The topological polar surface area (TPSA) is 95.0 Å². The third-order valence-electron chi connectivity index (χ3n) is 5.53. The first-order valence-electron chi connectivity index (χ1n) is 10.2. The lowest BCUT2D eigenvalue weighted by molar-refractivity contribution is 0.102. The van der Waals surface area contributed by atoms with E-state index in [1.165, 1.54) is 34.8 Å². The second kappa shape index (κ2) is 8.07. The number of pyridine rings is 1. The van der Waals surface area contributed by atoms with Gasteiger partial charge >= 0.3 is 0 Å². The molecule has 10 heteroatoms. The van der Waals surface area contributed by atoms with Crippen LogP contribution in [0.3, 0.4) is 0 Å². The van der Waals surface area contributed by atoms with E-state index in [1.54, 1.807) is 24.3 Å². The molecule has 0 saturated heterocycles. The van der Waals surface area contributed by atoms with Gasteiger partial charge in [0.05, 0.1) is 6.20 Å². The van der Waals surface area contributed by atoms with E-state index >= 15 is 0 Å². The Morgan fingerprint density at radius 2 is 1.88 bits per heavy atom. The molecule has 2 aromatic carbocycles. The standard InChI is InChI=1S/C24H17F2N5O3/c1-13-3-4-14(22(32)28-21-7-8-34-29-21)9-17(13)18-10-15-12-27-31(23(15)30(2)24(18)33)20-11-16(25)5-6-19(20)26/h3-12H,1-2H3,(H,28,29,32). The van der Waals surface area contributed by atoms with Crippen molar-refractivity contribution in [3.63, 3.8) is 0 Å². The summed E-state index contributed by atoms with van der Waals surface area (Å²) in [7, 11) is 1.53. The van der Waals surface area contributed by atoms with Gasteiger partial charge in [0.2, 0.25) is 0 Å². The molecule has 170 valence electrons. The van der Waals surface area contributed by atoms with Crippen molar-refractivity contribution in [1.29, 1.82) is 0 Å². The molecule has 0 unspecified atom stereocenters. The summed E-state index contributed by atoms with van der Waals surface area (Å²) in [4.78, 5) is 26.0. The van der Waals surface area contributed by atoms with Crippen LogP contribution >= 0.6 is 0 Å². The quantitative estimate of drug-likeness (QED) is 0.433. The van der Waals surface area contributed by atoms with Crippen LogP contribution in [0.5, 0.6) is 0 Å². The van der Waals surface area contributed by atoms with Gasteiger partial charge in [-0.3, -0.25) is 14.2 Å². The van der Waals surface area contributed by atoms with Crippen molar-refractivity contribution >= 4 is 22.8 Å². The number of hydrogen-bond acceptors (Lipinski definition) is 5. The summed E-state index contributed by atoms with van der Waals surface area (Å²) in [6.07, 6.45) is 2.81. The molecule has 0 aliphatic rings. The minimum absolute atomic E-state index is 0.111. The first-order valence-corrected chi connectivity index (χ1v) is 10.2. The molecule has 8 nitrogen and oxygen atoms in total. The molecule has 0 aliphatic heterocycles. The number of nitrogens with one attached hydrogen (secondary N) is 1. The van der Waals surface area contributed by atoms with Gasteiger partial charge in [0.1, 0.15) is 29.2 Å². The average molecular weight is 461 g/mol. The molecule has 0 spiro atoms. The molecule has 3 aromatic heterocycles. The molecule has 34 heavy (non-hydrogen) atoms. The third kappa shape index (κ3) is 3.54. The molecule has 5 aromatic rings. The van der Waals surface area contributed by atoms with Gasteiger partial charge in [-0.25, -0.2) is 13.5 Å². The maximum atomic E-state index is 14.4. The molecule has 5 rings (SSSR count). The van der Waals surface area contributed by atoms with Crippen molar-refractivity contribution in [1.82, 2.24) is 19.5 Å². The summed E-state index contributed by atoms with van der Waals surface area (Å²) in [5, 5.41) is 11.0. The van der Waals surface area contributed by atoms with E-state index in [2.05, 4.69) is 15.6 Å². The Kier molecular flexibility index (Phi) is 5.05. The van der Waals surface area contributed by atoms with Crippen molar-refractivity contribution in [3.05, 3.63) is 94.1 Å². The van der Waals surface area contributed by atoms with Gasteiger partial charge in [-0.1, -0.05) is 11.2 Å². The van der Waals surface area contributed by atoms with Crippen LogP contribution in [0, 0.1) is 18.6 Å². The Morgan fingerprint density at radius 3 is 2.65 bits per heavy atom. The van der Waals surface area contributed by atoms with Gasteiger partial charge in [-0.15, -0.1) is 0 Å². The molecule has 0 bridgehead atoms. The molecular formula is C24H17F2N5O3. The Labute approximate surface area is 191 Å². The van der Waals surface area contributed by atoms with Crippen LogP contribution in [-0.2, 0) is 7.05 Å². The number of fused-ring (bicyclic) bond motifs is 1. The van der Waals surface area contributed by atoms with Crippen LogP contribution < -0.4 is 10.9 Å². The number of anilines is 1. The summed E-state index contributed by atoms with van der Waals surface area (Å²) in [5.74, 6) is -1.45. The van der Waals surface area contributed by atoms with E-state index in [9.17, 15) is 18.4 Å². The highest BCUT2D eigenvalue weighted by Gasteiger charge is 2.19. The van der Waals surface area contributed by atoms with Crippen molar-refractivity contribution in [2.75, 3.05) is 5.32 Å². The molecule has 0 fully saturated rings. The lowest BCUT2D eigenvalue weighted by Crippen LogP contribution is -2.21. The number of carbonyl (C=O) groups is 1. The second-order valence-corrected chi connectivity index (χ2v) is 7.72.